The zero-order valence-electron chi connectivity index (χ0n) is 21.0. The van der Waals surface area contributed by atoms with Crippen molar-refractivity contribution in [1.82, 2.24) is 0 Å². The van der Waals surface area contributed by atoms with Crippen LogP contribution in [0.4, 0.5) is 5.69 Å². The van der Waals surface area contributed by atoms with E-state index in [4.69, 9.17) is 25.8 Å². The Hall–Kier alpha value is -4.34. The van der Waals surface area contributed by atoms with E-state index in [1.54, 1.807) is 96.9 Å². The third kappa shape index (κ3) is 5.45. The van der Waals surface area contributed by atoms with Crippen LogP contribution in [-0.2, 0) is 16.6 Å². The molecule has 0 amide bonds. The predicted octanol–water partition coefficient (Wildman–Crippen LogP) is 5.73. The van der Waals surface area contributed by atoms with E-state index < -0.39 is 16.0 Å². The second-order valence-electron chi connectivity index (χ2n) is 8.55. The van der Waals surface area contributed by atoms with Gasteiger partial charge in [0.05, 0.1) is 19.8 Å². The minimum atomic E-state index is -3.84. The molecule has 0 aliphatic carbocycles. The van der Waals surface area contributed by atoms with Gasteiger partial charge in [0.25, 0.3) is 10.0 Å². The molecule has 5 rings (SSSR count). The summed E-state index contributed by atoms with van der Waals surface area (Å²) in [5, 5.41) is 0.546. The number of fused-ring (bicyclic) bond motifs is 1. The van der Waals surface area contributed by atoms with E-state index >= 15 is 0 Å². The first-order valence-corrected chi connectivity index (χ1v) is 13.6. The number of anilines is 1. The van der Waals surface area contributed by atoms with Crippen molar-refractivity contribution in [3.8, 4) is 17.2 Å². The number of methoxy groups -OCH3 is 2. The summed E-state index contributed by atoms with van der Waals surface area (Å²) >= 11 is 6.11. The molecule has 1 aliphatic heterocycles. The summed E-state index contributed by atoms with van der Waals surface area (Å²) < 4.78 is 45.9. The average Bonchev–Trinajstić information content (AvgIpc) is 3.23. The van der Waals surface area contributed by atoms with Crippen molar-refractivity contribution in [1.29, 1.82) is 0 Å². The Morgan fingerprint density at radius 1 is 0.872 bits per heavy atom. The maximum Gasteiger partial charge on any atom is 0.343 e. The largest absolute Gasteiger partial charge is 0.497 e. The van der Waals surface area contributed by atoms with E-state index in [0.717, 1.165) is 5.56 Å². The van der Waals surface area contributed by atoms with Crippen molar-refractivity contribution in [3.05, 3.63) is 113 Å². The van der Waals surface area contributed by atoms with Crippen LogP contribution in [0.1, 0.15) is 21.5 Å². The first-order valence-electron chi connectivity index (χ1n) is 11.8. The smallest absolute Gasteiger partial charge is 0.343 e. The lowest BCUT2D eigenvalue weighted by molar-refractivity contribution is 0.0729. The van der Waals surface area contributed by atoms with Gasteiger partial charge in [0.2, 0.25) is 0 Å². The molecule has 0 N–H and O–H groups in total. The fourth-order valence-electron chi connectivity index (χ4n) is 4.16. The lowest BCUT2D eigenvalue weighted by atomic mass is 10.1. The summed E-state index contributed by atoms with van der Waals surface area (Å²) in [6.07, 6.45) is 0. The molecule has 39 heavy (non-hydrogen) atoms. The van der Waals surface area contributed by atoms with Gasteiger partial charge in [-0.2, -0.15) is 8.42 Å². The molecule has 1 aliphatic rings. The molecule has 0 fully saturated rings. The first-order chi connectivity index (χ1) is 18.8. The van der Waals surface area contributed by atoms with Gasteiger partial charge in [-0.1, -0.05) is 29.8 Å². The van der Waals surface area contributed by atoms with Crippen LogP contribution >= 0.6 is 11.6 Å². The molecule has 0 saturated heterocycles. The summed E-state index contributed by atoms with van der Waals surface area (Å²) in [6, 6.07) is 25.4. The van der Waals surface area contributed by atoms with Crippen LogP contribution in [0.2, 0.25) is 5.02 Å². The molecular weight excluding hydrogens is 540 g/mol. The summed E-state index contributed by atoms with van der Waals surface area (Å²) in [4.78, 5) is 14.6. The molecule has 1 heterocycles. The highest BCUT2D eigenvalue weighted by Gasteiger charge is 2.32. The Morgan fingerprint density at radius 3 is 2.28 bits per heavy atom. The lowest BCUT2D eigenvalue weighted by Crippen LogP contribution is -2.30. The summed E-state index contributed by atoms with van der Waals surface area (Å²) in [5.74, 6) is 0.953. The Morgan fingerprint density at radius 2 is 1.59 bits per heavy atom. The Kier molecular flexibility index (Phi) is 7.28. The minimum Gasteiger partial charge on any atom is -0.497 e. The van der Waals surface area contributed by atoms with E-state index in [9.17, 15) is 13.2 Å². The van der Waals surface area contributed by atoms with E-state index in [1.165, 1.54) is 13.2 Å². The first kappa shape index (κ1) is 26.3. The fraction of sp³-hybridized carbons (Fsp3) is 0.103. The molecule has 4 aromatic carbocycles. The monoisotopic (exact) mass is 562 g/mol. The Labute approximate surface area is 231 Å². The number of halogens is 1. The number of hydrogen-bond acceptors (Lipinski definition) is 7. The minimum absolute atomic E-state index is 0.150. The van der Waals surface area contributed by atoms with Gasteiger partial charge in [-0.25, -0.2) is 4.79 Å². The molecule has 0 spiro atoms. The molecule has 10 heteroatoms. The summed E-state index contributed by atoms with van der Waals surface area (Å²) in [7, 11) is -0.819. The molecule has 0 unspecified atom stereocenters. The molecule has 0 radical (unpaired) electrons. The molecule has 0 aromatic heterocycles. The highest BCUT2D eigenvalue weighted by molar-refractivity contribution is 7.90. The van der Waals surface area contributed by atoms with Crippen LogP contribution in [0.5, 0.6) is 17.2 Å². The quantitative estimate of drug-likeness (QED) is 0.210. The van der Waals surface area contributed by atoms with Crippen molar-refractivity contribution < 1.29 is 27.4 Å². The van der Waals surface area contributed by atoms with Crippen LogP contribution < -0.4 is 19.1 Å². The van der Waals surface area contributed by atoms with E-state index in [2.05, 4.69) is 4.40 Å². The van der Waals surface area contributed by atoms with Crippen molar-refractivity contribution in [2.75, 3.05) is 19.1 Å². The zero-order chi connectivity index (χ0) is 27.6. The maximum absolute atomic E-state index is 12.8. The SMILES string of the molecule is COc1ccc(C(=O)Oc2ccc(CN(C3=NS(=O)(=O)c4ccccc43)c3ccc(Cl)cc3)cc2OC)cc1. The van der Waals surface area contributed by atoms with Gasteiger partial charge in [0.15, 0.2) is 17.3 Å². The van der Waals surface area contributed by atoms with Gasteiger partial charge >= 0.3 is 5.97 Å². The molecule has 4 aromatic rings. The molecule has 0 saturated carbocycles. The van der Waals surface area contributed by atoms with Gasteiger partial charge in [0, 0.05) is 22.8 Å². The lowest BCUT2D eigenvalue weighted by Gasteiger charge is -2.25. The standard InChI is InChI=1S/C29H23ClN2O6S/c1-36-23-14-8-20(9-15-23)29(33)38-25-16-7-19(17-26(25)37-2)18-32(22-12-10-21(30)11-13-22)28-24-5-3-4-6-27(24)39(34,35)31-28/h3-17H,18H2,1-2H3. The van der Waals surface area contributed by atoms with E-state index in [0.29, 0.717) is 39.2 Å². The number of benzene rings is 4. The number of amidine groups is 1. The third-order valence-corrected chi connectivity index (χ3v) is 7.68. The number of ether oxygens (including phenoxy) is 3. The molecule has 0 atom stereocenters. The van der Waals surface area contributed by atoms with Gasteiger partial charge in [-0.05, 0) is 78.4 Å². The second kappa shape index (κ2) is 10.8. The topological polar surface area (TPSA) is 94.5 Å². The van der Waals surface area contributed by atoms with Gasteiger partial charge in [0.1, 0.15) is 10.6 Å². The fourth-order valence-corrected chi connectivity index (χ4v) is 5.49. The maximum atomic E-state index is 12.8. The summed E-state index contributed by atoms with van der Waals surface area (Å²) in [5.41, 5.74) is 2.31. The number of carbonyl (C=O) groups is 1. The number of carbonyl (C=O) groups excluding carboxylic acids is 1. The van der Waals surface area contributed by atoms with Crippen molar-refractivity contribution >= 4 is 39.1 Å². The summed E-state index contributed by atoms with van der Waals surface area (Å²) in [6.45, 7) is 0.243. The van der Waals surface area contributed by atoms with Crippen molar-refractivity contribution in [2.24, 2.45) is 4.40 Å². The number of rotatable bonds is 7. The van der Waals surface area contributed by atoms with Crippen LogP contribution in [0.15, 0.2) is 100 Å². The highest BCUT2D eigenvalue weighted by atomic mass is 35.5. The third-order valence-electron chi connectivity index (χ3n) is 6.10. The normalized spacial score (nSPS) is 13.3. The van der Waals surface area contributed by atoms with Gasteiger partial charge < -0.3 is 19.1 Å². The average molecular weight is 563 g/mol. The molecular formula is C29H23ClN2O6S. The highest BCUT2D eigenvalue weighted by Crippen LogP contribution is 2.34. The predicted molar refractivity (Wildman–Crippen MR) is 149 cm³/mol. The number of nitrogens with zero attached hydrogens (tertiary/aromatic N) is 2. The number of hydrogen-bond donors (Lipinski definition) is 0. The van der Waals surface area contributed by atoms with Gasteiger partial charge in [-0.3, -0.25) is 0 Å². The van der Waals surface area contributed by atoms with Crippen LogP contribution in [0, 0.1) is 0 Å². The van der Waals surface area contributed by atoms with Crippen molar-refractivity contribution in [2.45, 2.75) is 11.4 Å². The Balaban J connectivity index is 1.47. The van der Waals surface area contributed by atoms with Crippen LogP contribution in [0.25, 0.3) is 0 Å². The van der Waals surface area contributed by atoms with Crippen molar-refractivity contribution in [3.63, 3.8) is 0 Å². The van der Waals surface area contributed by atoms with E-state index in [1.807, 2.05) is 0 Å². The Bertz CT molecular complexity index is 1670. The number of esters is 1. The van der Waals surface area contributed by atoms with Crippen LogP contribution in [0.3, 0.4) is 0 Å². The molecule has 198 valence electrons. The van der Waals surface area contributed by atoms with Crippen LogP contribution in [-0.4, -0.2) is 34.4 Å². The van der Waals surface area contributed by atoms with E-state index in [-0.39, 0.29) is 17.2 Å². The molecule has 8 nitrogen and oxygen atoms in total. The van der Waals surface area contributed by atoms with Gasteiger partial charge in [-0.15, -0.1) is 4.40 Å². The number of sulfonamides is 1. The zero-order valence-corrected chi connectivity index (χ0v) is 22.6. The molecule has 0 bridgehead atoms. The second-order valence-corrected chi connectivity index (χ2v) is 10.6.